The summed E-state index contributed by atoms with van der Waals surface area (Å²) in [5.41, 5.74) is 7.55. The molecule has 0 saturated heterocycles. The molecule has 2 saturated carbocycles. The molecule has 0 amide bonds. The monoisotopic (exact) mass is 971 g/mol. The molecule has 0 spiro atoms. The van der Waals surface area contributed by atoms with Crippen LogP contribution in [-0.2, 0) is 47.9 Å². The highest BCUT2D eigenvalue weighted by atomic mass is 16.5. The van der Waals surface area contributed by atoms with Gasteiger partial charge in [0.25, 0.3) is 0 Å². The van der Waals surface area contributed by atoms with Crippen molar-refractivity contribution in [1.82, 2.24) is 9.97 Å². The van der Waals surface area contributed by atoms with E-state index in [9.17, 15) is 34.8 Å². The van der Waals surface area contributed by atoms with Crippen LogP contribution in [0, 0.1) is 25.7 Å². The third-order valence-corrected chi connectivity index (χ3v) is 16.7. The zero-order valence-corrected chi connectivity index (χ0v) is 42.3. The van der Waals surface area contributed by atoms with E-state index in [-0.39, 0.29) is 67.4 Å². The Morgan fingerprint density at radius 3 is 1.65 bits per heavy atom. The van der Waals surface area contributed by atoms with Crippen LogP contribution in [0.3, 0.4) is 0 Å². The molecule has 6 atom stereocenters. The summed E-state index contributed by atoms with van der Waals surface area (Å²) in [6, 6.07) is 39.2. The number of aliphatic hydroxyl groups is 4. The second kappa shape index (κ2) is 22.3. The number of ketones is 2. The first-order valence-corrected chi connectivity index (χ1v) is 25.7. The topological polar surface area (TPSA) is 167 Å². The molecule has 2 fully saturated rings. The number of Topliss-reactive ketones (excluding diaryl/α,β-unsaturated/α-hetero) is 2. The van der Waals surface area contributed by atoms with E-state index in [1.54, 1.807) is 18.5 Å². The van der Waals surface area contributed by atoms with Crippen LogP contribution in [0.5, 0.6) is 0 Å². The van der Waals surface area contributed by atoms with Crippen molar-refractivity contribution in [2.75, 3.05) is 13.2 Å². The summed E-state index contributed by atoms with van der Waals surface area (Å²) in [7, 11) is 0. The maximum Gasteiger partial charge on any atom is 0.338 e. The van der Waals surface area contributed by atoms with Gasteiger partial charge in [0.1, 0.15) is 0 Å². The number of pyridine rings is 2. The van der Waals surface area contributed by atoms with Gasteiger partial charge in [0.15, 0.2) is 11.6 Å². The highest BCUT2D eigenvalue weighted by Crippen LogP contribution is 2.53. The molecule has 0 radical (unpaired) electrons. The molecule has 6 aromatic rings. The predicted molar refractivity (Wildman–Crippen MR) is 279 cm³/mol. The summed E-state index contributed by atoms with van der Waals surface area (Å²) in [6.45, 7) is 7.81. The first-order valence-electron chi connectivity index (χ1n) is 25.7. The molecular weight excluding hydrogens is 901 g/mol. The third kappa shape index (κ3) is 11.1. The number of hydrogen-bond donors (Lipinski definition) is 4. The van der Waals surface area contributed by atoms with Gasteiger partial charge >= 0.3 is 5.97 Å². The maximum absolute atomic E-state index is 13.3. The molecule has 1 aliphatic heterocycles. The lowest BCUT2D eigenvalue weighted by Crippen LogP contribution is -2.50. The molecule has 2 aromatic heterocycles. The van der Waals surface area contributed by atoms with Crippen LogP contribution in [0.15, 0.2) is 134 Å². The Morgan fingerprint density at radius 2 is 1.12 bits per heavy atom. The van der Waals surface area contributed by atoms with Crippen LogP contribution in [-0.4, -0.2) is 72.3 Å². The number of fused-ring (bicyclic) bond motifs is 3. The number of rotatable bonds is 15. The highest BCUT2D eigenvalue weighted by Gasteiger charge is 2.53. The Bertz CT molecular complexity index is 2870. The van der Waals surface area contributed by atoms with Crippen molar-refractivity contribution < 1.29 is 39.5 Å². The summed E-state index contributed by atoms with van der Waals surface area (Å²) in [5.74, 6) is -0.655. The van der Waals surface area contributed by atoms with Crippen LogP contribution >= 0.6 is 0 Å². The minimum absolute atomic E-state index is 0.0128. The van der Waals surface area contributed by atoms with Crippen LogP contribution in [0.2, 0.25) is 0 Å². The number of nitrogens with zero attached hydrogens (tertiary/aromatic N) is 2. The lowest BCUT2D eigenvalue weighted by molar-refractivity contribution is -0.0612. The first kappa shape index (κ1) is 52.2. The van der Waals surface area contributed by atoms with Crippen molar-refractivity contribution in [3.05, 3.63) is 201 Å². The lowest BCUT2D eigenvalue weighted by atomic mass is 9.56. The van der Waals surface area contributed by atoms with E-state index in [0.717, 1.165) is 52.0 Å². The molecule has 2 aliphatic carbocycles. The second-order valence-corrected chi connectivity index (χ2v) is 20.9. The molecule has 3 aliphatic rings. The van der Waals surface area contributed by atoms with Gasteiger partial charge in [-0.3, -0.25) is 19.6 Å². The van der Waals surface area contributed by atoms with Crippen molar-refractivity contribution in [1.29, 1.82) is 0 Å². The molecule has 0 bridgehead atoms. The molecule has 0 unspecified atom stereocenters. The third-order valence-electron chi connectivity index (χ3n) is 16.7. The van der Waals surface area contributed by atoms with Gasteiger partial charge in [0, 0.05) is 71.1 Å². The van der Waals surface area contributed by atoms with E-state index < -0.39 is 16.6 Å². The molecule has 72 heavy (non-hydrogen) atoms. The largest absolute Gasteiger partial charge is 0.462 e. The zero-order valence-electron chi connectivity index (χ0n) is 42.3. The average molecular weight is 971 g/mol. The molecular formula is C62H70N2O8. The zero-order chi connectivity index (χ0) is 51.1. The number of aryl methyl sites for hydroxylation is 2. The SMILES string of the molecule is CC[C@@]1(O)CC[C@@](Cc2ccccc2)(c2ccc(C(=O)Cc3cccnc3C)cc2CO)[C@@H](CO)C1.CC[C@@]1(O)CC[C@@]2(Cc3ccccc3)c3ccc(C(=O)Cc4cccnc4C)cc3C(=O)OC[C@H]2C1. The van der Waals surface area contributed by atoms with E-state index in [4.69, 9.17) is 4.74 Å². The minimum Gasteiger partial charge on any atom is -0.462 e. The van der Waals surface area contributed by atoms with Crippen molar-refractivity contribution in [3.63, 3.8) is 0 Å². The van der Waals surface area contributed by atoms with Gasteiger partial charge in [-0.05, 0) is 147 Å². The van der Waals surface area contributed by atoms with Gasteiger partial charge in [-0.25, -0.2) is 4.79 Å². The lowest BCUT2D eigenvalue weighted by Gasteiger charge is -2.50. The fraction of sp³-hybridized carbons (Fsp3) is 0.403. The normalized spacial score (nSPS) is 24.6. The Labute approximate surface area is 424 Å². The smallest absolute Gasteiger partial charge is 0.338 e. The Kier molecular flexibility index (Phi) is 16.2. The van der Waals surface area contributed by atoms with E-state index in [2.05, 4.69) is 34.2 Å². The van der Waals surface area contributed by atoms with Gasteiger partial charge in [0.05, 0.1) is 30.0 Å². The van der Waals surface area contributed by atoms with E-state index >= 15 is 0 Å². The van der Waals surface area contributed by atoms with Gasteiger partial charge in [-0.1, -0.05) is 111 Å². The number of benzene rings is 4. The molecule has 3 heterocycles. The molecule has 376 valence electrons. The molecule has 10 heteroatoms. The number of aromatic nitrogens is 2. The predicted octanol–water partition coefficient (Wildman–Crippen LogP) is 10.1. The number of cyclic esters (lactones) is 1. The minimum atomic E-state index is -0.801. The van der Waals surface area contributed by atoms with Crippen molar-refractivity contribution in [2.24, 2.45) is 11.8 Å². The summed E-state index contributed by atoms with van der Waals surface area (Å²) in [4.78, 5) is 48.2. The maximum atomic E-state index is 13.3. The molecule has 9 rings (SSSR count). The van der Waals surface area contributed by atoms with Crippen molar-refractivity contribution in [3.8, 4) is 0 Å². The summed E-state index contributed by atoms with van der Waals surface area (Å²) in [6.07, 6.45) is 10.5. The molecule has 10 nitrogen and oxygen atoms in total. The van der Waals surface area contributed by atoms with Crippen LogP contribution in [0.4, 0.5) is 0 Å². The Morgan fingerprint density at radius 1 is 0.611 bits per heavy atom. The van der Waals surface area contributed by atoms with Crippen molar-refractivity contribution >= 4 is 17.5 Å². The first-order chi connectivity index (χ1) is 34.7. The van der Waals surface area contributed by atoms with Crippen LogP contribution < -0.4 is 0 Å². The Balaban J connectivity index is 0.000000193. The number of carbonyl (C=O) groups excluding carboxylic acids is 3. The van der Waals surface area contributed by atoms with Crippen LogP contribution in [0.1, 0.15) is 147 Å². The number of ether oxygens (including phenoxy) is 1. The van der Waals surface area contributed by atoms with E-state index in [1.807, 2.05) is 119 Å². The number of aliphatic hydroxyl groups excluding tert-OH is 2. The standard InChI is InChI=1S/C31H33NO4.C31H37NO4/c1-3-30(35)13-14-31(18-22-8-5-4-6-9-22)25(19-30)20-36-29(34)26-16-24(11-12-27(26)31)28(33)17-23-10-7-15-32-21(23)2;1-3-30(36)13-14-31(27(19-30)21-34,18-23-8-5-4-6-9-23)28-12-11-25(16-26(28)20-33)29(35)17-24-10-7-15-32-22(24)2/h4-12,15-16,25,35H,3,13-14,17-20H2,1-2H3;4-12,15-16,27,33-34,36H,3,13-14,17-21H2,1-2H3/t25-,30-,31+;27-,30-,31+/m11/s1. The highest BCUT2D eigenvalue weighted by molar-refractivity contribution is 6.01. The number of hydrogen-bond acceptors (Lipinski definition) is 10. The van der Waals surface area contributed by atoms with E-state index in [0.29, 0.717) is 73.6 Å². The van der Waals surface area contributed by atoms with Gasteiger partial charge in [-0.2, -0.15) is 0 Å². The van der Waals surface area contributed by atoms with Gasteiger partial charge in [0.2, 0.25) is 0 Å². The second-order valence-electron chi connectivity index (χ2n) is 20.9. The van der Waals surface area contributed by atoms with E-state index in [1.165, 1.54) is 5.56 Å². The summed E-state index contributed by atoms with van der Waals surface area (Å²) >= 11 is 0. The Hall–Kier alpha value is -6.17. The molecule has 4 aromatic carbocycles. The molecule has 4 N–H and O–H groups in total. The average Bonchev–Trinajstić information content (AvgIpc) is 3.51. The fourth-order valence-electron chi connectivity index (χ4n) is 12.1. The van der Waals surface area contributed by atoms with Gasteiger partial charge < -0.3 is 25.2 Å². The number of esters is 1. The van der Waals surface area contributed by atoms with Gasteiger partial charge in [-0.15, -0.1) is 0 Å². The summed E-state index contributed by atoms with van der Waals surface area (Å²) in [5, 5.41) is 43.3. The summed E-state index contributed by atoms with van der Waals surface area (Å²) < 4.78 is 5.80. The van der Waals surface area contributed by atoms with Crippen molar-refractivity contribution in [2.45, 2.75) is 133 Å². The van der Waals surface area contributed by atoms with Crippen LogP contribution in [0.25, 0.3) is 0 Å². The quantitative estimate of drug-likeness (QED) is 0.0575. The number of carbonyl (C=O) groups is 3. The fourth-order valence-corrected chi connectivity index (χ4v) is 12.1.